The quantitative estimate of drug-likeness (QED) is 0.531. The van der Waals surface area contributed by atoms with Gasteiger partial charge in [0.2, 0.25) is 0 Å². The first-order chi connectivity index (χ1) is 15.1. The molecule has 1 aliphatic rings. The number of aromatic nitrogens is 3. The predicted molar refractivity (Wildman–Crippen MR) is 112 cm³/mol. The van der Waals surface area contributed by atoms with Gasteiger partial charge in [0, 0.05) is 31.0 Å². The van der Waals surface area contributed by atoms with Gasteiger partial charge in [-0.05, 0) is 42.8 Å². The van der Waals surface area contributed by atoms with E-state index in [9.17, 15) is 9.18 Å². The van der Waals surface area contributed by atoms with Crippen molar-refractivity contribution < 1.29 is 18.3 Å². The van der Waals surface area contributed by atoms with Crippen molar-refractivity contribution in [1.29, 1.82) is 0 Å². The maximum absolute atomic E-state index is 13.9. The lowest BCUT2D eigenvalue weighted by molar-refractivity contribution is 0.221. The number of carbonyl (C=O) groups excluding carboxylic acids is 1. The summed E-state index contributed by atoms with van der Waals surface area (Å²) in [4.78, 5) is 23.7. The molecule has 1 N–H and O–H groups in total. The SMILES string of the molecule is COc1ccc(NC(=O)N2CC[C@@H](n3c(-c4ccco4)nc4cccnc43)C2)cc1F. The minimum absolute atomic E-state index is 0.0154. The lowest BCUT2D eigenvalue weighted by Gasteiger charge is -2.19. The molecular formula is C22H20FN5O3. The van der Waals surface area contributed by atoms with Crippen molar-refractivity contribution in [2.75, 3.05) is 25.5 Å². The zero-order valence-corrected chi connectivity index (χ0v) is 16.8. The molecule has 9 heteroatoms. The summed E-state index contributed by atoms with van der Waals surface area (Å²) in [5.74, 6) is 0.931. The van der Waals surface area contributed by atoms with E-state index in [0.717, 1.165) is 17.6 Å². The number of benzene rings is 1. The number of halogens is 1. The number of rotatable bonds is 4. The molecule has 0 radical (unpaired) electrons. The number of nitrogens with zero attached hydrogens (tertiary/aromatic N) is 4. The average molecular weight is 421 g/mol. The number of fused-ring (bicyclic) bond motifs is 1. The fourth-order valence-electron chi connectivity index (χ4n) is 3.94. The lowest BCUT2D eigenvalue weighted by Crippen LogP contribution is -2.33. The topological polar surface area (TPSA) is 85.4 Å². The summed E-state index contributed by atoms with van der Waals surface area (Å²) in [7, 11) is 1.40. The zero-order valence-electron chi connectivity index (χ0n) is 16.8. The van der Waals surface area contributed by atoms with Gasteiger partial charge in [-0.2, -0.15) is 0 Å². The Kier molecular flexibility index (Phi) is 4.78. The Morgan fingerprint density at radius 3 is 2.97 bits per heavy atom. The van der Waals surface area contributed by atoms with E-state index in [2.05, 4.69) is 10.3 Å². The number of anilines is 1. The molecular weight excluding hydrogens is 401 g/mol. The summed E-state index contributed by atoms with van der Waals surface area (Å²) in [5, 5.41) is 2.75. The second-order valence-corrected chi connectivity index (χ2v) is 7.30. The van der Waals surface area contributed by atoms with Gasteiger partial charge in [-0.1, -0.05) is 0 Å². The third-order valence-corrected chi connectivity index (χ3v) is 5.41. The molecule has 1 aliphatic heterocycles. The first-order valence-corrected chi connectivity index (χ1v) is 9.90. The number of pyridine rings is 1. The van der Waals surface area contributed by atoms with Crippen LogP contribution in [0, 0.1) is 5.82 Å². The van der Waals surface area contributed by atoms with E-state index in [1.807, 2.05) is 28.8 Å². The van der Waals surface area contributed by atoms with Gasteiger partial charge in [-0.25, -0.2) is 19.2 Å². The predicted octanol–water partition coefficient (Wildman–Crippen LogP) is 4.32. The van der Waals surface area contributed by atoms with E-state index in [1.54, 1.807) is 23.4 Å². The van der Waals surface area contributed by atoms with Crippen LogP contribution in [-0.4, -0.2) is 45.7 Å². The number of furan rings is 1. The molecule has 5 rings (SSSR count). The summed E-state index contributed by atoms with van der Waals surface area (Å²) in [6.45, 7) is 1.03. The first kappa shape index (κ1) is 19.1. The number of hydrogen-bond donors (Lipinski definition) is 1. The van der Waals surface area contributed by atoms with Crippen molar-refractivity contribution in [3.63, 3.8) is 0 Å². The largest absolute Gasteiger partial charge is 0.494 e. The number of methoxy groups -OCH3 is 1. The monoisotopic (exact) mass is 421 g/mol. The number of nitrogens with one attached hydrogen (secondary N) is 1. The highest BCUT2D eigenvalue weighted by Crippen LogP contribution is 2.32. The van der Waals surface area contributed by atoms with Gasteiger partial charge in [0.15, 0.2) is 28.8 Å². The van der Waals surface area contributed by atoms with Crippen molar-refractivity contribution in [2.24, 2.45) is 0 Å². The van der Waals surface area contributed by atoms with Gasteiger partial charge in [0.25, 0.3) is 0 Å². The Hall–Kier alpha value is -3.88. The summed E-state index contributed by atoms with van der Waals surface area (Å²) < 4.78 is 26.5. The molecule has 0 unspecified atom stereocenters. The second kappa shape index (κ2) is 7.75. The highest BCUT2D eigenvalue weighted by Gasteiger charge is 2.31. The van der Waals surface area contributed by atoms with Crippen LogP contribution >= 0.6 is 0 Å². The molecule has 3 aromatic heterocycles. The third kappa shape index (κ3) is 3.48. The van der Waals surface area contributed by atoms with Crippen molar-refractivity contribution >= 4 is 22.9 Å². The van der Waals surface area contributed by atoms with Crippen molar-refractivity contribution in [2.45, 2.75) is 12.5 Å². The van der Waals surface area contributed by atoms with Gasteiger partial charge in [-0.3, -0.25) is 0 Å². The van der Waals surface area contributed by atoms with E-state index >= 15 is 0 Å². The molecule has 158 valence electrons. The van der Waals surface area contributed by atoms with Gasteiger partial charge in [-0.15, -0.1) is 0 Å². The standard InChI is InChI=1S/C22H20FN5O3/c1-30-18-7-6-14(12-16(18)23)25-22(29)27-10-8-15(13-27)28-20-17(4-2-9-24-20)26-21(28)19-5-3-11-31-19/h2-7,9,11-12,15H,8,10,13H2,1H3,(H,25,29)/t15-/m1/s1. The van der Waals surface area contributed by atoms with E-state index in [4.69, 9.17) is 14.1 Å². The maximum atomic E-state index is 13.9. The van der Waals surface area contributed by atoms with Crippen LogP contribution in [0.5, 0.6) is 5.75 Å². The fraction of sp³-hybridized carbons (Fsp3) is 0.227. The molecule has 0 spiro atoms. The van der Waals surface area contributed by atoms with E-state index < -0.39 is 5.82 Å². The zero-order chi connectivity index (χ0) is 21.4. The van der Waals surface area contributed by atoms with Crippen molar-refractivity contribution in [3.8, 4) is 17.3 Å². The van der Waals surface area contributed by atoms with E-state index in [0.29, 0.717) is 30.4 Å². The number of imidazole rings is 1. The summed E-state index contributed by atoms with van der Waals surface area (Å²) in [6.07, 6.45) is 4.07. The smallest absolute Gasteiger partial charge is 0.321 e. The fourth-order valence-corrected chi connectivity index (χ4v) is 3.94. The van der Waals surface area contributed by atoms with Crippen LogP contribution in [0.2, 0.25) is 0 Å². The van der Waals surface area contributed by atoms with E-state index in [1.165, 1.54) is 19.2 Å². The van der Waals surface area contributed by atoms with Crippen LogP contribution in [0.15, 0.2) is 59.3 Å². The van der Waals surface area contributed by atoms with Crippen LogP contribution in [-0.2, 0) is 0 Å². The van der Waals surface area contributed by atoms with E-state index in [-0.39, 0.29) is 17.8 Å². The summed E-state index contributed by atoms with van der Waals surface area (Å²) >= 11 is 0. The van der Waals surface area contributed by atoms with Crippen molar-refractivity contribution in [3.05, 3.63) is 60.7 Å². The number of hydrogen-bond acceptors (Lipinski definition) is 5. The molecule has 8 nitrogen and oxygen atoms in total. The lowest BCUT2D eigenvalue weighted by atomic mass is 10.2. The third-order valence-electron chi connectivity index (χ3n) is 5.41. The highest BCUT2D eigenvalue weighted by molar-refractivity contribution is 5.89. The Labute approximate surface area is 177 Å². The molecule has 4 heterocycles. The molecule has 31 heavy (non-hydrogen) atoms. The summed E-state index contributed by atoms with van der Waals surface area (Å²) in [6, 6.07) is 11.4. The minimum Gasteiger partial charge on any atom is -0.494 e. The van der Waals surface area contributed by atoms with Crippen LogP contribution < -0.4 is 10.1 Å². The van der Waals surface area contributed by atoms with Crippen LogP contribution in [0.3, 0.4) is 0 Å². The number of likely N-dealkylation sites (tertiary alicyclic amines) is 1. The number of urea groups is 1. The summed E-state index contributed by atoms with van der Waals surface area (Å²) in [5.41, 5.74) is 1.89. The first-order valence-electron chi connectivity index (χ1n) is 9.90. The van der Waals surface area contributed by atoms with Crippen LogP contribution in [0.4, 0.5) is 14.9 Å². The van der Waals surface area contributed by atoms with Crippen LogP contribution in [0.1, 0.15) is 12.5 Å². The number of amides is 2. The van der Waals surface area contributed by atoms with Gasteiger partial charge < -0.3 is 23.9 Å². The normalized spacial score (nSPS) is 16.1. The van der Waals surface area contributed by atoms with Gasteiger partial charge >= 0.3 is 6.03 Å². The Balaban J connectivity index is 1.38. The van der Waals surface area contributed by atoms with Gasteiger partial charge in [0.1, 0.15) is 5.52 Å². The molecule has 0 saturated carbocycles. The Morgan fingerprint density at radius 1 is 1.29 bits per heavy atom. The molecule has 1 saturated heterocycles. The molecule has 1 aromatic carbocycles. The highest BCUT2D eigenvalue weighted by atomic mass is 19.1. The number of carbonyl (C=O) groups is 1. The molecule has 1 atom stereocenters. The second-order valence-electron chi connectivity index (χ2n) is 7.30. The van der Waals surface area contributed by atoms with Crippen LogP contribution in [0.25, 0.3) is 22.7 Å². The molecule has 2 amide bonds. The molecule has 4 aromatic rings. The van der Waals surface area contributed by atoms with Crippen molar-refractivity contribution in [1.82, 2.24) is 19.4 Å². The Morgan fingerprint density at radius 2 is 2.19 bits per heavy atom. The Bertz CT molecular complexity index is 1240. The molecule has 0 bridgehead atoms. The minimum atomic E-state index is -0.529. The molecule has 1 fully saturated rings. The molecule has 0 aliphatic carbocycles. The average Bonchev–Trinajstić information content (AvgIpc) is 3.52. The maximum Gasteiger partial charge on any atom is 0.321 e. The van der Waals surface area contributed by atoms with Gasteiger partial charge in [0.05, 0.1) is 19.4 Å². The number of ether oxygens (including phenoxy) is 1.